The molecule has 1 aromatic carbocycles. The molecule has 2 aliphatic carbocycles. The smallest absolute Gasteiger partial charge is 0.124 e. The SMILES string of the molecule is CCC(c1c[nH]c2ccccc12)C(C=O)CN1C2CC3CC1CC(O)(C3)C2. The first-order valence-corrected chi connectivity index (χ1v) is 10.6. The maximum atomic E-state index is 12.2. The van der Waals surface area contributed by atoms with E-state index in [1.165, 1.54) is 30.1 Å². The molecule has 144 valence electrons. The van der Waals surface area contributed by atoms with Gasteiger partial charge in [-0.3, -0.25) is 4.90 Å². The molecule has 0 spiro atoms. The lowest BCUT2D eigenvalue weighted by Gasteiger charge is -2.60. The minimum absolute atomic E-state index is 0.00127. The van der Waals surface area contributed by atoms with Crippen molar-refractivity contribution in [3.63, 3.8) is 0 Å². The van der Waals surface area contributed by atoms with E-state index in [0.717, 1.165) is 37.7 Å². The van der Waals surface area contributed by atoms with Crippen LogP contribution in [0.3, 0.4) is 0 Å². The highest BCUT2D eigenvalue weighted by Gasteiger charge is 2.54. The molecule has 4 atom stereocenters. The average Bonchev–Trinajstić information content (AvgIpc) is 3.06. The van der Waals surface area contributed by atoms with Gasteiger partial charge in [-0.15, -0.1) is 0 Å². The van der Waals surface area contributed by atoms with Crippen molar-refractivity contribution in [2.45, 2.75) is 69.1 Å². The average molecular weight is 367 g/mol. The van der Waals surface area contributed by atoms with E-state index in [1.54, 1.807) is 0 Å². The Bertz CT molecular complexity index is 828. The van der Waals surface area contributed by atoms with Crippen LogP contribution < -0.4 is 0 Å². The number of piperidine rings is 2. The normalized spacial score (nSPS) is 34.8. The molecule has 2 aromatic rings. The van der Waals surface area contributed by atoms with Crippen molar-refractivity contribution in [1.29, 1.82) is 0 Å². The van der Waals surface area contributed by atoms with Crippen molar-refractivity contribution in [2.75, 3.05) is 6.54 Å². The second-order valence-corrected chi connectivity index (χ2v) is 9.28. The number of para-hydroxylation sites is 1. The Morgan fingerprint density at radius 2 is 2.00 bits per heavy atom. The summed E-state index contributed by atoms with van der Waals surface area (Å²) in [5.41, 5.74) is 1.99. The predicted molar refractivity (Wildman–Crippen MR) is 107 cm³/mol. The summed E-state index contributed by atoms with van der Waals surface area (Å²) >= 11 is 0. The summed E-state index contributed by atoms with van der Waals surface area (Å²) in [6, 6.07) is 9.30. The number of aromatic nitrogens is 1. The second-order valence-electron chi connectivity index (χ2n) is 9.28. The third-order valence-corrected chi connectivity index (χ3v) is 7.62. The lowest BCUT2D eigenvalue weighted by atomic mass is 9.61. The number of aldehydes is 1. The van der Waals surface area contributed by atoms with E-state index < -0.39 is 5.60 Å². The summed E-state index contributed by atoms with van der Waals surface area (Å²) < 4.78 is 0. The summed E-state index contributed by atoms with van der Waals surface area (Å²) in [5, 5.41) is 12.1. The highest BCUT2D eigenvalue weighted by Crippen LogP contribution is 2.51. The molecule has 4 fully saturated rings. The number of aliphatic hydroxyl groups is 1. The van der Waals surface area contributed by atoms with Crippen molar-refractivity contribution in [1.82, 2.24) is 9.88 Å². The molecule has 4 nitrogen and oxygen atoms in total. The van der Waals surface area contributed by atoms with Crippen LogP contribution in [0.2, 0.25) is 0 Å². The van der Waals surface area contributed by atoms with Gasteiger partial charge in [0.25, 0.3) is 0 Å². The number of carbonyl (C=O) groups is 1. The zero-order valence-electron chi connectivity index (χ0n) is 16.1. The first-order chi connectivity index (χ1) is 13.1. The number of nitrogens with zero attached hydrogens (tertiary/aromatic N) is 1. The molecule has 4 bridgehead atoms. The first kappa shape index (κ1) is 17.4. The van der Waals surface area contributed by atoms with Gasteiger partial charge in [0, 0.05) is 41.6 Å². The van der Waals surface area contributed by atoms with E-state index in [4.69, 9.17) is 0 Å². The van der Waals surface area contributed by atoms with Crippen molar-refractivity contribution in [2.24, 2.45) is 11.8 Å². The fourth-order valence-corrected chi connectivity index (χ4v) is 6.63. The zero-order chi connectivity index (χ0) is 18.6. The van der Waals surface area contributed by atoms with Crippen molar-refractivity contribution >= 4 is 17.2 Å². The van der Waals surface area contributed by atoms with Gasteiger partial charge in [0.15, 0.2) is 0 Å². The summed E-state index contributed by atoms with van der Waals surface area (Å²) in [6.45, 7) is 3.03. The Morgan fingerprint density at radius 1 is 1.26 bits per heavy atom. The van der Waals surface area contributed by atoms with Crippen LogP contribution in [0.5, 0.6) is 0 Å². The lowest BCUT2D eigenvalue weighted by Crippen LogP contribution is -2.65. The molecule has 1 aromatic heterocycles. The maximum Gasteiger partial charge on any atom is 0.124 e. The number of rotatable bonds is 6. The number of carbonyl (C=O) groups excluding carboxylic acids is 1. The van der Waals surface area contributed by atoms with Crippen molar-refractivity contribution in [3.05, 3.63) is 36.0 Å². The molecular formula is C23H30N2O2. The number of aromatic amines is 1. The third kappa shape index (κ3) is 2.85. The maximum absolute atomic E-state index is 12.2. The molecule has 2 saturated heterocycles. The number of hydrogen-bond acceptors (Lipinski definition) is 3. The Balaban J connectivity index is 1.40. The summed E-state index contributed by atoms with van der Waals surface area (Å²) in [7, 11) is 0. The fourth-order valence-electron chi connectivity index (χ4n) is 6.63. The number of nitrogens with one attached hydrogen (secondary N) is 1. The third-order valence-electron chi connectivity index (χ3n) is 7.62. The van der Waals surface area contributed by atoms with Crippen molar-refractivity contribution < 1.29 is 9.90 Å². The van der Waals surface area contributed by atoms with E-state index in [9.17, 15) is 9.90 Å². The molecule has 4 unspecified atom stereocenters. The first-order valence-electron chi connectivity index (χ1n) is 10.6. The van der Waals surface area contributed by atoms with Crippen LogP contribution >= 0.6 is 0 Å². The molecule has 4 aliphatic rings. The van der Waals surface area contributed by atoms with Crippen molar-refractivity contribution in [3.8, 4) is 0 Å². The van der Waals surface area contributed by atoms with Crippen LogP contribution in [0.15, 0.2) is 30.5 Å². The lowest BCUT2D eigenvalue weighted by molar-refractivity contribution is -0.160. The van der Waals surface area contributed by atoms with Crippen LogP contribution in [0.1, 0.15) is 56.9 Å². The zero-order valence-corrected chi connectivity index (χ0v) is 16.1. The Hall–Kier alpha value is -1.65. The van der Waals surface area contributed by atoms with Crippen LogP contribution in [0, 0.1) is 11.8 Å². The number of benzene rings is 1. The summed E-state index contributed by atoms with van der Waals surface area (Å²) in [5.74, 6) is 0.925. The molecule has 27 heavy (non-hydrogen) atoms. The van der Waals surface area contributed by atoms with Gasteiger partial charge in [-0.05, 0) is 62.0 Å². The van der Waals surface area contributed by atoms with Crippen LogP contribution in [0.4, 0.5) is 0 Å². The van der Waals surface area contributed by atoms with Gasteiger partial charge in [0.1, 0.15) is 6.29 Å². The van der Waals surface area contributed by atoms with E-state index >= 15 is 0 Å². The van der Waals surface area contributed by atoms with Gasteiger partial charge in [-0.25, -0.2) is 0 Å². The van der Waals surface area contributed by atoms with Gasteiger partial charge in [-0.1, -0.05) is 25.1 Å². The molecular weight excluding hydrogens is 336 g/mol. The molecule has 2 aliphatic heterocycles. The van der Waals surface area contributed by atoms with E-state index in [-0.39, 0.29) is 11.8 Å². The molecule has 2 N–H and O–H groups in total. The molecule has 2 saturated carbocycles. The van der Waals surface area contributed by atoms with E-state index in [0.29, 0.717) is 18.0 Å². The Kier molecular flexibility index (Phi) is 4.17. The topological polar surface area (TPSA) is 56.3 Å². The molecule has 3 heterocycles. The fraction of sp³-hybridized carbons (Fsp3) is 0.609. The van der Waals surface area contributed by atoms with Crippen LogP contribution in [-0.4, -0.2) is 45.5 Å². The summed E-state index contributed by atoms with van der Waals surface area (Å²) in [4.78, 5) is 18.1. The van der Waals surface area contributed by atoms with Crippen LogP contribution in [0.25, 0.3) is 10.9 Å². The monoisotopic (exact) mass is 366 g/mol. The number of H-pyrrole nitrogens is 1. The quantitative estimate of drug-likeness (QED) is 0.764. The minimum Gasteiger partial charge on any atom is -0.390 e. The Labute approximate surface area is 160 Å². The van der Waals surface area contributed by atoms with Gasteiger partial charge in [-0.2, -0.15) is 0 Å². The van der Waals surface area contributed by atoms with Crippen LogP contribution in [-0.2, 0) is 4.79 Å². The highest BCUT2D eigenvalue weighted by atomic mass is 16.3. The van der Waals surface area contributed by atoms with Gasteiger partial charge in [0.2, 0.25) is 0 Å². The number of fused-ring (bicyclic) bond motifs is 1. The van der Waals surface area contributed by atoms with E-state index in [1.807, 2.05) is 6.07 Å². The second kappa shape index (κ2) is 6.46. The Morgan fingerprint density at radius 3 is 2.67 bits per heavy atom. The minimum atomic E-state index is -0.426. The van der Waals surface area contributed by atoms with E-state index in [2.05, 4.69) is 41.2 Å². The van der Waals surface area contributed by atoms with Gasteiger partial charge < -0.3 is 14.9 Å². The standard InChI is InChI=1S/C23H30N2O2/c1-2-19(21-12-24-22-6-4-3-5-20(21)22)16(14-26)13-25-17-7-15-8-18(25)11-23(27,9-15)10-17/h3-6,12,14-19,24,27H,2,7-11,13H2,1H3. The molecule has 6 rings (SSSR count). The number of hydrogen-bond donors (Lipinski definition) is 2. The largest absolute Gasteiger partial charge is 0.390 e. The molecule has 4 heteroatoms. The molecule has 0 amide bonds. The highest BCUT2D eigenvalue weighted by molar-refractivity contribution is 5.84. The van der Waals surface area contributed by atoms with Gasteiger partial charge in [0.05, 0.1) is 5.60 Å². The summed E-state index contributed by atoms with van der Waals surface area (Å²) in [6.07, 6.45) is 9.45. The van der Waals surface area contributed by atoms with Gasteiger partial charge >= 0.3 is 0 Å². The predicted octanol–water partition coefficient (Wildman–Crippen LogP) is 3.85. The molecule has 0 radical (unpaired) electrons.